The molecule has 104 valence electrons. The number of carbonyl (C=O) groups is 1. The van der Waals surface area contributed by atoms with Gasteiger partial charge in [0.15, 0.2) is 17.3 Å². The summed E-state index contributed by atoms with van der Waals surface area (Å²) in [5, 5.41) is 9.36. The van der Waals surface area contributed by atoms with Crippen LogP contribution in [0.25, 0.3) is 0 Å². The lowest BCUT2D eigenvalue weighted by molar-refractivity contribution is -0.147. The van der Waals surface area contributed by atoms with Gasteiger partial charge in [0, 0.05) is 6.07 Å². The van der Waals surface area contributed by atoms with Crippen molar-refractivity contribution in [2.75, 3.05) is 14.2 Å². The van der Waals surface area contributed by atoms with Crippen molar-refractivity contribution in [3.05, 3.63) is 23.3 Å². The van der Waals surface area contributed by atoms with Gasteiger partial charge in [-0.25, -0.2) is 8.78 Å². The number of methoxy groups -OCH3 is 2. The first kappa shape index (κ1) is 13.6. The summed E-state index contributed by atoms with van der Waals surface area (Å²) in [5.74, 6) is -3.42. The zero-order chi connectivity index (χ0) is 14.2. The SMILES string of the molecule is COc1c(F)cc(F)c(C2(C(=O)O)CCC2)c1OC. The Morgan fingerprint density at radius 2 is 1.79 bits per heavy atom. The van der Waals surface area contributed by atoms with Crippen molar-refractivity contribution < 1.29 is 28.2 Å². The zero-order valence-electron chi connectivity index (χ0n) is 10.6. The van der Waals surface area contributed by atoms with E-state index in [2.05, 4.69) is 0 Å². The van der Waals surface area contributed by atoms with Crippen molar-refractivity contribution in [2.45, 2.75) is 24.7 Å². The number of halogens is 2. The minimum atomic E-state index is -1.35. The fraction of sp³-hybridized carbons (Fsp3) is 0.462. The van der Waals surface area contributed by atoms with Crippen LogP contribution < -0.4 is 9.47 Å². The van der Waals surface area contributed by atoms with Gasteiger partial charge in [0.1, 0.15) is 5.82 Å². The molecule has 0 bridgehead atoms. The van der Waals surface area contributed by atoms with Crippen LogP contribution in [0.3, 0.4) is 0 Å². The summed E-state index contributed by atoms with van der Waals surface area (Å²) in [7, 11) is 2.45. The molecule has 0 spiro atoms. The molecule has 0 aliphatic heterocycles. The molecule has 1 fully saturated rings. The summed E-state index contributed by atoms with van der Waals surface area (Å²) in [6.07, 6.45) is 1.27. The summed E-state index contributed by atoms with van der Waals surface area (Å²) >= 11 is 0. The summed E-state index contributed by atoms with van der Waals surface area (Å²) in [6, 6.07) is 0.639. The molecule has 6 heteroatoms. The van der Waals surface area contributed by atoms with E-state index in [0.717, 1.165) is 0 Å². The van der Waals surface area contributed by atoms with E-state index in [1.54, 1.807) is 0 Å². The molecule has 0 saturated heterocycles. The fourth-order valence-electron chi connectivity index (χ4n) is 2.51. The Morgan fingerprint density at radius 3 is 2.16 bits per heavy atom. The second kappa shape index (κ2) is 4.68. The zero-order valence-corrected chi connectivity index (χ0v) is 10.6. The van der Waals surface area contributed by atoms with Crippen LogP contribution in [-0.2, 0) is 10.2 Å². The van der Waals surface area contributed by atoms with Crippen LogP contribution in [0, 0.1) is 11.6 Å². The molecule has 19 heavy (non-hydrogen) atoms. The summed E-state index contributed by atoms with van der Waals surface area (Å²) in [5.41, 5.74) is -1.48. The molecular weight excluding hydrogens is 258 g/mol. The van der Waals surface area contributed by atoms with Crippen LogP contribution in [-0.4, -0.2) is 25.3 Å². The molecule has 0 amide bonds. The molecule has 2 rings (SSSR count). The normalized spacial score (nSPS) is 16.6. The van der Waals surface area contributed by atoms with E-state index in [9.17, 15) is 18.7 Å². The summed E-state index contributed by atoms with van der Waals surface area (Å²) < 4.78 is 37.5. The largest absolute Gasteiger partial charge is 0.492 e. The molecule has 0 heterocycles. The van der Waals surface area contributed by atoms with E-state index in [1.807, 2.05) is 0 Å². The fourth-order valence-corrected chi connectivity index (χ4v) is 2.51. The van der Waals surface area contributed by atoms with Crippen LogP contribution in [0.4, 0.5) is 8.78 Å². The Morgan fingerprint density at radius 1 is 1.21 bits per heavy atom. The Labute approximate surface area is 108 Å². The molecule has 0 unspecified atom stereocenters. The summed E-state index contributed by atoms with van der Waals surface area (Å²) in [6.45, 7) is 0. The number of rotatable bonds is 4. The molecule has 0 atom stereocenters. The monoisotopic (exact) mass is 272 g/mol. The van der Waals surface area contributed by atoms with Gasteiger partial charge in [-0.3, -0.25) is 4.79 Å². The van der Waals surface area contributed by atoms with Crippen molar-refractivity contribution in [2.24, 2.45) is 0 Å². The molecule has 1 aliphatic rings. The predicted octanol–water partition coefficient (Wildman–Crippen LogP) is 2.49. The molecule has 0 aromatic heterocycles. The maximum Gasteiger partial charge on any atom is 0.314 e. The first-order valence-electron chi connectivity index (χ1n) is 5.81. The lowest BCUT2D eigenvalue weighted by Crippen LogP contribution is -2.43. The predicted molar refractivity (Wildman–Crippen MR) is 62.6 cm³/mol. The average molecular weight is 272 g/mol. The quantitative estimate of drug-likeness (QED) is 0.915. The molecular formula is C13H14F2O4. The molecule has 1 saturated carbocycles. The van der Waals surface area contributed by atoms with Gasteiger partial charge in [0.25, 0.3) is 0 Å². The number of hydrogen-bond acceptors (Lipinski definition) is 3. The molecule has 1 aromatic carbocycles. The van der Waals surface area contributed by atoms with Crippen molar-refractivity contribution in [1.82, 2.24) is 0 Å². The van der Waals surface area contributed by atoms with Gasteiger partial charge >= 0.3 is 5.97 Å². The Kier molecular flexibility index (Phi) is 3.34. The van der Waals surface area contributed by atoms with Crippen molar-refractivity contribution >= 4 is 5.97 Å². The molecule has 1 aromatic rings. The van der Waals surface area contributed by atoms with E-state index in [0.29, 0.717) is 25.3 Å². The van der Waals surface area contributed by atoms with E-state index in [4.69, 9.17) is 9.47 Å². The van der Waals surface area contributed by atoms with Crippen LogP contribution in [0.5, 0.6) is 11.5 Å². The van der Waals surface area contributed by atoms with Gasteiger partial charge in [-0.15, -0.1) is 0 Å². The van der Waals surface area contributed by atoms with Gasteiger partial charge in [0.2, 0.25) is 0 Å². The molecule has 4 nitrogen and oxygen atoms in total. The first-order chi connectivity index (χ1) is 8.97. The molecule has 1 aliphatic carbocycles. The van der Waals surface area contributed by atoms with E-state index < -0.39 is 23.0 Å². The Hall–Kier alpha value is -1.85. The maximum absolute atomic E-state index is 14.1. The number of benzene rings is 1. The standard InChI is InChI=1S/C13H14F2O4/c1-18-10-8(15)6-7(14)9(11(10)19-2)13(12(16)17)4-3-5-13/h6H,3-5H2,1-2H3,(H,16,17). The van der Waals surface area contributed by atoms with Gasteiger partial charge in [-0.1, -0.05) is 6.42 Å². The highest BCUT2D eigenvalue weighted by molar-refractivity contribution is 5.84. The maximum atomic E-state index is 14.1. The van der Waals surface area contributed by atoms with Gasteiger partial charge in [0.05, 0.1) is 25.2 Å². The van der Waals surface area contributed by atoms with E-state index in [-0.39, 0.29) is 17.1 Å². The number of hydrogen-bond donors (Lipinski definition) is 1. The highest BCUT2D eigenvalue weighted by atomic mass is 19.1. The Bertz CT molecular complexity index is 524. The number of carboxylic acids is 1. The van der Waals surface area contributed by atoms with Crippen molar-refractivity contribution in [1.29, 1.82) is 0 Å². The highest BCUT2D eigenvalue weighted by Crippen LogP contribution is 2.51. The minimum Gasteiger partial charge on any atom is -0.492 e. The lowest BCUT2D eigenvalue weighted by atomic mass is 9.64. The van der Waals surface area contributed by atoms with Gasteiger partial charge in [-0.05, 0) is 12.8 Å². The van der Waals surface area contributed by atoms with Gasteiger partial charge in [-0.2, -0.15) is 0 Å². The lowest BCUT2D eigenvalue weighted by Gasteiger charge is -2.39. The van der Waals surface area contributed by atoms with Gasteiger partial charge < -0.3 is 14.6 Å². The van der Waals surface area contributed by atoms with Crippen molar-refractivity contribution in [3.8, 4) is 11.5 Å². The van der Waals surface area contributed by atoms with E-state index in [1.165, 1.54) is 14.2 Å². The number of aliphatic carboxylic acids is 1. The highest BCUT2D eigenvalue weighted by Gasteiger charge is 2.50. The third kappa shape index (κ3) is 1.82. The average Bonchev–Trinajstić information content (AvgIpc) is 2.29. The second-order valence-corrected chi connectivity index (χ2v) is 4.52. The molecule has 1 N–H and O–H groups in total. The van der Waals surface area contributed by atoms with Crippen LogP contribution in [0.15, 0.2) is 6.07 Å². The van der Waals surface area contributed by atoms with Crippen LogP contribution in [0.2, 0.25) is 0 Å². The van der Waals surface area contributed by atoms with E-state index >= 15 is 0 Å². The minimum absolute atomic E-state index is 0.132. The van der Waals surface area contributed by atoms with Crippen LogP contribution >= 0.6 is 0 Å². The Balaban J connectivity index is 2.72. The first-order valence-corrected chi connectivity index (χ1v) is 5.81. The van der Waals surface area contributed by atoms with Crippen molar-refractivity contribution in [3.63, 3.8) is 0 Å². The second-order valence-electron chi connectivity index (χ2n) is 4.52. The summed E-state index contributed by atoms with van der Waals surface area (Å²) in [4.78, 5) is 11.5. The van der Waals surface area contributed by atoms with Crippen LogP contribution in [0.1, 0.15) is 24.8 Å². The number of carboxylic acid groups (broad SMARTS) is 1. The third-order valence-electron chi connectivity index (χ3n) is 3.65. The number of ether oxygens (including phenoxy) is 2. The third-order valence-corrected chi connectivity index (χ3v) is 3.65. The topological polar surface area (TPSA) is 55.8 Å². The molecule has 0 radical (unpaired) electrons. The smallest absolute Gasteiger partial charge is 0.314 e.